The van der Waals surface area contributed by atoms with Gasteiger partial charge in [0.15, 0.2) is 5.82 Å². The van der Waals surface area contributed by atoms with Crippen LogP contribution < -0.4 is 5.32 Å². The predicted octanol–water partition coefficient (Wildman–Crippen LogP) is 3.56. The lowest BCUT2D eigenvalue weighted by Crippen LogP contribution is -2.42. The summed E-state index contributed by atoms with van der Waals surface area (Å²) in [5, 5.41) is 8.37. The van der Waals surface area contributed by atoms with Gasteiger partial charge >= 0.3 is 0 Å². The minimum absolute atomic E-state index is 0.0603. The number of amides is 2. The third-order valence-electron chi connectivity index (χ3n) is 5.12. The van der Waals surface area contributed by atoms with Crippen LogP contribution in [0.25, 0.3) is 10.8 Å². The third kappa shape index (κ3) is 5.24. The number of carbonyl (C=O) groups excluding carboxylic acids is 2. The molecule has 0 fully saturated rings. The van der Waals surface area contributed by atoms with E-state index in [2.05, 4.69) is 29.2 Å². The van der Waals surface area contributed by atoms with Crippen LogP contribution in [0.4, 0.5) is 5.82 Å². The second-order valence-corrected chi connectivity index (χ2v) is 7.15. The highest BCUT2D eigenvalue weighted by Crippen LogP contribution is 2.20. The van der Waals surface area contributed by atoms with Gasteiger partial charge in [-0.2, -0.15) is 0 Å². The molecule has 0 unspecified atom stereocenters. The van der Waals surface area contributed by atoms with Crippen molar-refractivity contribution in [2.45, 2.75) is 20.8 Å². The van der Waals surface area contributed by atoms with Crippen LogP contribution in [0.3, 0.4) is 0 Å². The fraction of sp³-hybridized carbons (Fsp3) is 0.348. The highest BCUT2D eigenvalue weighted by molar-refractivity contribution is 6.08. The number of carbonyl (C=O) groups is 2. The van der Waals surface area contributed by atoms with Crippen molar-refractivity contribution in [3.05, 3.63) is 59.9 Å². The predicted molar refractivity (Wildman–Crippen MR) is 118 cm³/mol. The smallest absolute Gasteiger partial charge is 0.254 e. The van der Waals surface area contributed by atoms with Gasteiger partial charge in [0.05, 0.1) is 0 Å². The molecule has 0 aliphatic carbocycles. The van der Waals surface area contributed by atoms with E-state index in [-0.39, 0.29) is 18.4 Å². The van der Waals surface area contributed by atoms with Gasteiger partial charge in [-0.15, -0.1) is 0 Å². The van der Waals surface area contributed by atoms with E-state index in [0.717, 1.165) is 23.9 Å². The van der Waals surface area contributed by atoms with Gasteiger partial charge in [-0.1, -0.05) is 55.4 Å². The molecule has 3 aromatic rings. The molecule has 30 heavy (non-hydrogen) atoms. The van der Waals surface area contributed by atoms with Gasteiger partial charge in [-0.25, -0.2) is 0 Å². The Hall–Kier alpha value is -3.19. The monoisotopic (exact) mass is 408 g/mol. The fourth-order valence-corrected chi connectivity index (χ4v) is 3.42. The van der Waals surface area contributed by atoms with Gasteiger partial charge < -0.3 is 19.6 Å². The summed E-state index contributed by atoms with van der Waals surface area (Å²) in [6.07, 6.45) is 0. The molecule has 2 amide bonds. The Morgan fingerprint density at radius 3 is 2.47 bits per heavy atom. The summed E-state index contributed by atoms with van der Waals surface area (Å²) in [6, 6.07) is 15.1. The lowest BCUT2D eigenvalue weighted by Gasteiger charge is -2.26. The standard InChI is InChI=1S/C23H28N4O3/c1-4-26(5-2)13-14-27(16-22(28)24-21-15-17(3)30-25-21)23(29)20-12-8-10-18-9-6-7-11-19(18)20/h6-12,15H,4-5,13-14,16H2,1-3H3,(H,24,25,28). The molecule has 0 aliphatic heterocycles. The molecule has 1 aromatic heterocycles. The van der Waals surface area contributed by atoms with Gasteiger partial charge in [0.1, 0.15) is 12.3 Å². The molecule has 0 aliphatic rings. The Morgan fingerprint density at radius 1 is 1.03 bits per heavy atom. The molecule has 0 atom stereocenters. The fourth-order valence-electron chi connectivity index (χ4n) is 3.42. The van der Waals surface area contributed by atoms with Crippen molar-refractivity contribution in [1.82, 2.24) is 15.0 Å². The molecule has 0 saturated heterocycles. The summed E-state index contributed by atoms with van der Waals surface area (Å²) in [5.74, 6) is 0.483. The van der Waals surface area contributed by atoms with Crippen LogP contribution in [0.1, 0.15) is 30.0 Å². The maximum Gasteiger partial charge on any atom is 0.254 e. The van der Waals surface area contributed by atoms with Crippen LogP contribution in [-0.2, 0) is 4.79 Å². The van der Waals surface area contributed by atoms with Crippen LogP contribution in [0.2, 0.25) is 0 Å². The third-order valence-corrected chi connectivity index (χ3v) is 5.12. The zero-order valence-electron chi connectivity index (χ0n) is 17.7. The molecule has 7 nitrogen and oxygen atoms in total. The number of likely N-dealkylation sites (N-methyl/N-ethyl adjacent to an activating group) is 1. The number of nitrogens with zero attached hydrogens (tertiary/aromatic N) is 3. The quantitative estimate of drug-likeness (QED) is 0.586. The van der Waals surface area contributed by atoms with Gasteiger partial charge in [-0.05, 0) is 36.9 Å². The lowest BCUT2D eigenvalue weighted by atomic mass is 10.0. The molecule has 0 bridgehead atoms. The summed E-state index contributed by atoms with van der Waals surface area (Å²) in [7, 11) is 0. The molecular weight excluding hydrogens is 380 g/mol. The van der Waals surface area contributed by atoms with E-state index in [1.54, 1.807) is 17.9 Å². The maximum atomic E-state index is 13.4. The van der Waals surface area contributed by atoms with Gasteiger partial charge in [0.25, 0.3) is 5.91 Å². The van der Waals surface area contributed by atoms with E-state index in [4.69, 9.17) is 4.52 Å². The molecule has 7 heteroatoms. The maximum absolute atomic E-state index is 13.4. The molecule has 1 heterocycles. The van der Waals surface area contributed by atoms with Crippen molar-refractivity contribution in [3.63, 3.8) is 0 Å². The number of aromatic nitrogens is 1. The van der Waals surface area contributed by atoms with E-state index in [1.165, 1.54) is 0 Å². The van der Waals surface area contributed by atoms with Crippen LogP contribution in [0.5, 0.6) is 0 Å². The number of rotatable bonds is 9. The van der Waals surface area contributed by atoms with Crippen LogP contribution in [0.15, 0.2) is 53.1 Å². The van der Waals surface area contributed by atoms with Gasteiger partial charge in [0, 0.05) is 24.7 Å². The first-order valence-electron chi connectivity index (χ1n) is 10.2. The molecule has 2 aromatic carbocycles. The number of benzene rings is 2. The van der Waals surface area contributed by atoms with E-state index >= 15 is 0 Å². The molecule has 158 valence electrons. The normalized spacial score (nSPS) is 11.1. The van der Waals surface area contributed by atoms with Crippen molar-refractivity contribution >= 4 is 28.4 Å². The van der Waals surface area contributed by atoms with Crippen LogP contribution in [0, 0.1) is 6.92 Å². The van der Waals surface area contributed by atoms with E-state index in [1.807, 2.05) is 42.5 Å². The SMILES string of the molecule is CCN(CC)CCN(CC(=O)Nc1cc(C)on1)C(=O)c1cccc2ccccc12. The summed E-state index contributed by atoms with van der Waals surface area (Å²) in [5.41, 5.74) is 0.595. The first-order valence-corrected chi connectivity index (χ1v) is 10.2. The van der Waals surface area contributed by atoms with Crippen LogP contribution in [-0.4, -0.2) is 59.5 Å². The van der Waals surface area contributed by atoms with Crippen molar-refractivity contribution in [3.8, 4) is 0 Å². The average Bonchev–Trinajstić information content (AvgIpc) is 3.17. The Labute approximate surface area is 176 Å². The molecule has 3 rings (SSSR count). The molecule has 0 radical (unpaired) electrons. The molecule has 0 saturated carbocycles. The first-order chi connectivity index (χ1) is 14.5. The largest absolute Gasteiger partial charge is 0.360 e. The number of aryl methyl sites for hydroxylation is 1. The second-order valence-electron chi connectivity index (χ2n) is 7.15. The van der Waals surface area contributed by atoms with Crippen molar-refractivity contribution in [2.24, 2.45) is 0 Å². The molecular formula is C23H28N4O3. The minimum atomic E-state index is -0.309. The number of nitrogens with one attached hydrogen (secondary N) is 1. The Bertz CT molecular complexity index is 1010. The molecule has 0 spiro atoms. The van der Waals surface area contributed by atoms with Gasteiger partial charge in [0.2, 0.25) is 5.91 Å². The second kappa shape index (κ2) is 10.0. The van der Waals surface area contributed by atoms with Crippen molar-refractivity contribution in [1.29, 1.82) is 0 Å². The number of hydrogen-bond donors (Lipinski definition) is 1. The zero-order chi connectivity index (χ0) is 21.5. The van der Waals surface area contributed by atoms with E-state index in [9.17, 15) is 9.59 Å². The highest BCUT2D eigenvalue weighted by atomic mass is 16.5. The number of anilines is 1. The lowest BCUT2D eigenvalue weighted by molar-refractivity contribution is -0.117. The first kappa shape index (κ1) is 21.5. The average molecular weight is 409 g/mol. The highest BCUT2D eigenvalue weighted by Gasteiger charge is 2.21. The number of hydrogen-bond acceptors (Lipinski definition) is 5. The van der Waals surface area contributed by atoms with Crippen molar-refractivity contribution in [2.75, 3.05) is 38.0 Å². The Morgan fingerprint density at radius 2 is 1.77 bits per heavy atom. The van der Waals surface area contributed by atoms with Gasteiger partial charge in [-0.3, -0.25) is 9.59 Å². The summed E-state index contributed by atoms with van der Waals surface area (Å²) >= 11 is 0. The Kier molecular flexibility index (Phi) is 7.19. The van der Waals surface area contributed by atoms with E-state index in [0.29, 0.717) is 30.2 Å². The zero-order valence-corrected chi connectivity index (χ0v) is 17.7. The molecule has 1 N–H and O–H groups in total. The van der Waals surface area contributed by atoms with Crippen LogP contribution >= 0.6 is 0 Å². The number of fused-ring (bicyclic) bond motifs is 1. The topological polar surface area (TPSA) is 78.7 Å². The minimum Gasteiger partial charge on any atom is -0.360 e. The Balaban J connectivity index is 1.82. The van der Waals surface area contributed by atoms with E-state index < -0.39 is 0 Å². The summed E-state index contributed by atoms with van der Waals surface area (Å²) in [4.78, 5) is 29.9. The van der Waals surface area contributed by atoms with Crippen molar-refractivity contribution < 1.29 is 14.1 Å². The summed E-state index contributed by atoms with van der Waals surface area (Å²) in [6.45, 7) is 8.78. The summed E-state index contributed by atoms with van der Waals surface area (Å²) < 4.78 is 4.99.